The van der Waals surface area contributed by atoms with Crippen molar-refractivity contribution < 1.29 is 17.6 Å². The van der Waals surface area contributed by atoms with Crippen molar-refractivity contribution >= 4 is 54.7 Å². The zero-order chi connectivity index (χ0) is 22.2. The Morgan fingerprint density at radius 2 is 1.97 bits per heavy atom. The molecule has 7 nitrogen and oxygen atoms in total. The van der Waals surface area contributed by atoms with Gasteiger partial charge in [0.05, 0.1) is 26.1 Å². The van der Waals surface area contributed by atoms with Crippen LogP contribution in [0.25, 0.3) is 15.3 Å². The van der Waals surface area contributed by atoms with Gasteiger partial charge >= 0.3 is 0 Å². The number of carbonyl (C=O) groups is 1. The average molecular weight is 479 g/mol. The van der Waals surface area contributed by atoms with Gasteiger partial charge in [-0.3, -0.25) is 4.79 Å². The van der Waals surface area contributed by atoms with Crippen molar-refractivity contribution in [3.8, 4) is 5.13 Å². The number of aromatic nitrogens is 3. The summed E-state index contributed by atoms with van der Waals surface area (Å²) in [7, 11) is -3.72. The van der Waals surface area contributed by atoms with Crippen LogP contribution in [0.4, 0.5) is 10.2 Å². The van der Waals surface area contributed by atoms with Crippen LogP contribution in [0.1, 0.15) is 12.1 Å². The van der Waals surface area contributed by atoms with Gasteiger partial charge in [-0.15, -0.1) is 0 Å². The number of anilines is 1. The van der Waals surface area contributed by atoms with Crippen molar-refractivity contribution in [2.45, 2.75) is 18.2 Å². The third-order valence-electron chi connectivity index (χ3n) is 4.41. The Morgan fingerprint density at radius 1 is 1.23 bits per heavy atom. The van der Waals surface area contributed by atoms with Crippen LogP contribution < -0.4 is 5.32 Å². The first-order chi connectivity index (χ1) is 14.7. The smallest absolute Gasteiger partial charge is 0.226 e. The lowest BCUT2D eigenvalue weighted by Crippen LogP contribution is -2.19. The van der Waals surface area contributed by atoms with Crippen LogP contribution in [-0.4, -0.2) is 34.8 Å². The molecule has 0 unspecified atom stereocenters. The van der Waals surface area contributed by atoms with Gasteiger partial charge in [-0.25, -0.2) is 17.8 Å². The molecule has 0 atom stereocenters. The van der Waals surface area contributed by atoms with Crippen LogP contribution >= 0.6 is 22.9 Å². The van der Waals surface area contributed by atoms with Crippen molar-refractivity contribution in [3.63, 3.8) is 0 Å². The summed E-state index contributed by atoms with van der Waals surface area (Å²) in [6.45, 7) is 1.77. The number of carbonyl (C=O) groups excluding carboxylic acids is 1. The van der Waals surface area contributed by atoms with Crippen LogP contribution in [0, 0.1) is 12.7 Å². The molecule has 0 saturated carbocycles. The quantitative estimate of drug-likeness (QED) is 0.415. The number of hydrogen-bond acceptors (Lipinski definition) is 6. The van der Waals surface area contributed by atoms with Crippen molar-refractivity contribution in [1.82, 2.24) is 14.8 Å². The lowest BCUT2D eigenvalue weighted by molar-refractivity contribution is -0.115. The number of sulfone groups is 1. The molecule has 160 valence electrons. The topological polar surface area (TPSA) is 94.0 Å². The molecule has 2 heterocycles. The molecule has 0 aliphatic heterocycles. The molecule has 4 aromatic rings. The van der Waals surface area contributed by atoms with E-state index in [-0.39, 0.29) is 11.3 Å². The minimum Gasteiger partial charge on any atom is -0.310 e. The van der Waals surface area contributed by atoms with Gasteiger partial charge in [-0.05, 0) is 43.3 Å². The number of amides is 1. The zero-order valence-electron chi connectivity index (χ0n) is 16.2. The minimum atomic E-state index is -3.72. The molecule has 0 radical (unpaired) electrons. The lowest BCUT2D eigenvalue weighted by Gasteiger charge is -2.07. The predicted octanol–water partition coefficient (Wildman–Crippen LogP) is 4.39. The molecule has 0 aliphatic carbocycles. The van der Waals surface area contributed by atoms with Crippen LogP contribution in [0.2, 0.25) is 5.02 Å². The average Bonchev–Trinajstić information content (AvgIpc) is 3.31. The summed E-state index contributed by atoms with van der Waals surface area (Å²) in [5.41, 5.74) is 1.29. The summed E-state index contributed by atoms with van der Waals surface area (Å²) in [6.07, 6.45) is -0.268. The summed E-state index contributed by atoms with van der Waals surface area (Å²) < 4.78 is 40.2. The number of hydrogen-bond donors (Lipinski definition) is 1. The molecule has 31 heavy (non-hydrogen) atoms. The Bertz CT molecular complexity index is 1380. The standard InChI is InChI=1S/C20H16ClFN4O3S2/c1-12-11-17(26(25-12)20-24-19-15(21)3-2-4-16(19)30-20)23-18(27)9-10-31(28,29)14-7-5-13(22)6-8-14/h2-8,11H,9-10H2,1H3,(H,23,27). The number of halogens is 2. The highest BCUT2D eigenvalue weighted by atomic mass is 35.5. The van der Waals surface area contributed by atoms with Gasteiger partial charge in [0, 0.05) is 12.5 Å². The van der Waals surface area contributed by atoms with E-state index < -0.39 is 27.3 Å². The van der Waals surface area contributed by atoms with E-state index in [9.17, 15) is 17.6 Å². The van der Waals surface area contributed by atoms with Crippen molar-refractivity contribution in [2.24, 2.45) is 0 Å². The molecule has 0 spiro atoms. The van der Waals surface area contributed by atoms with Gasteiger partial charge in [-0.1, -0.05) is 29.0 Å². The van der Waals surface area contributed by atoms with E-state index in [0.717, 1.165) is 16.8 Å². The van der Waals surface area contributed by atoms with Gasteiger partial charge in [0.2, 0.25) is 11.0 Å². The minimum absolute atomic E-state index is 0.0334. The molecule has 2 aromatic heterocycles. The van der Waals surface area contributed by atoms with Gasteiger partial charge < -0.3 is 5.32 Å². The molecule has 1 amide bonds. The van der Waals surface area contributed by atoms with Gasteiger partial charge in [0.1, 0.15) is 17.2 Å². The summed E-state index contributed by atoms with van der Waals surface area (Å²) in [6, 6.07) is 11.6. The highest BCUT2D eigenvalue weighted by Crippen LogP contribution is 2.31. The predicted molar refractivity (Wildman–Crippen MR) is 118 cm³/mol. The SMILES string of the molecule is Cc1cc(NC(=O)CCS(=O)(=O)c2ccc(F)cc2)n(-c2nc3c(Cl)cccc3s2)n1. The molecular formula is C20H16ClFN4O3S2. The first kappa shape index (κ1) is 21.4. The van der Waals surface area contributed by atoms with Crippen molar-refractivity contribution in [1.29, 1.82) is 0 Å². The van der Waals surface area contributed by atoms with Gasteiger partial charge in [0.15, 0.2) is 9.84 Å². The molecule has 0 fully saturated rings. The second kappa shape index (κ2) is 8.37. The Kier molecular flexibility index (Phi) is 5.78. The van der Waals surface area contributed by atoms with Crippen LogP contribution in [0.15, 0.2) is 53.4 Å². The van der Waals surface area contributed by atoms with Gasteiger partial charge in [0.25, 0.3) is 0 Å². The van der Waals surface area contributed by atoms with E-state index in [2.05, 4.69) is 15.4 Å². The Labute approximate surface area is 186 Å². The molecular weight excluding hydrogens is 463 g/mol. The third kappa shape index (κ3) is 4.60. The third-order valence-corrected chi connectivity index (χ3v) is 7.44. The first-order valence-electron chi connectivity index (χ1n) is 9.13. The number of fused-ring (bicyclic) bond motifs is 1. The van der Waals surface area contributed by atoms with Gasteiger partial charge in [-0.2, -0.15) is 9.78 Å². The normalized spacial score (nSPS) is 11.7. The molecule has 2 aromatic carbocycles. The fourth-order valence-corrected chi connectivity index (χ4v) is 5.39. The Morgan fingerprint density at radius 3 is 2.68 bits per heavy atom. The fourth-order valence-electron chi connectivity index (χ4n) is 2.92. The molecule has 1 N–H and O–H groups in total. The summed E-state index contributed by atoms with van der Waals surface area (Å²) in [5.74, 6) is -1.06. The fraction of sp³-hybridized carbons (Fsp3) is 0.150. The van der Waals surface area contributed by atoms with E-state index in [0.29, 0.717) is 27.2 Å². The van der Waals surface area contributed by atoms with Crippen LogP contribution in [0.5, 0.6) is 0 Å². The highest BCUT2D eigenvalue weighted by molar-refractivity contribution is 7.91. The maximum Gasteiger partial charge on any atom is 0.226 e. The highest BCUT2D eigenvalue weighted by Gasteiger charge is 2.19. The summed E-state index contributed by atoms with van der Waals surface area (Å²) >= 11 is 7.56. The van der Waals surface area contributed by atoms with E-state index in [4.69, 9.17) is 11.6 Å². The van der Waals surface area contributed by atoms with E-state index in [1.165, 1.54) is 28.2 Å². The van der Waals surface area contributed by atoms with E-state index in [1.54, 1.807) is 19.1 Å². The molecule has 4 rings (SSSR count). The number of para-hydroxylation sites is 1. The number of rotatable bonds is 6. The summed E-state index contributed by atoms with van der Waals surface area (Å²) in [5, 5.41) is 8.10. The molecule has 0 bridgehead atoms. The Balaban J connectivity index is 1.51. The van der Waals surface area contributed by atoms with Crippen molar-refractivity contribution in [3.05, 3.63) is 65.1 Å². The van der Waals surface area contributed by atoms with Crippen molar-refractivity contribution in [2.75, 3.05) is 11.1 Å². The molecule has 0 aliphatic rings. The number of nitrogens with zero attached hydrogens (tertiary/aromatic N) is 3. The first-order valence-corrected chi connectivity index (χ1v) is 12.0. The number of benzene rings is 2. The maximum absolute atomic E-state index is 13.0. The second-order valence-corrected chi connectivity index (χ2v) is 10.3. The zero-order valence-corrected chi connectivity index (χ0v) is 18.6. The van der Waals surface area contributed by atoms with Crippen LogP contribution in [0.3, 0.4) is 0 Å². The largest absolute Gasteiger partial charge is 0.310 e. The monoisotopic (exact) mass is 478 g/mol. The number of thiazole rings is 1. The van der Waals surface area contributed by atoms with E-state index in [1.807, 2.05) is 12.1 Å². The number of nitrogens with one attached hydrogen (secondary N) is 1. The lowest BCUT2D eigenvalue weighted by atomic mass is 10.3. The second-order valence-electron chi connectivity index (χ2n) is 6.74. The number of aryl methyl sites for hydroxylation is 1. The molecule has 11 heteroatoms. The van der Waals surface area contributed by atoms with Crippen LogP contribution in [-0.2, 0) is 14.6 Å². The van der Waals surface area contributed by atoms with E-state index >= 15 is 0 Å². The maximum atomic E-state index is 13.0. The molecule has 0 saturated heterocycles. The summed E-state index contributed by atoms with van der Waals surface area (Å²) in [4.78, 5) is 16.9. The Hall–Kier alpha value is -2.82.